The van der Waals surface area contributed by atoms with Gasteiger partial charge in [-0.05, 0) is 34.1 Å². The van der Waals surface area contributed by atoms with Crippen molar-refractivity contribution in [3.05, 3.63) is 34.4 Å². The number of nitrogens with one attached hydrogen (secondary N) is 1. The van der Waals surface area contributed by atoms with Crippen molar-refractivity contribution in [1.82, 2.24) is 19.5 Å². The highest BCUT2D eigenvalue weighted by atomic mass is 16.6. The van der Waals surface area contributed by atoms with Crippen molar-refractivity contribution in [2.24, 2.45) is 0 Å². The third kappa shape index (κ3) is 4.15. The van der Waals surface area contributed by atoms with E-state index in [1.807, 2.05) is 33.8 Å². The topological polar surface area (TPSA) is 79.7 Å². The zero-order chi connectivity index (χ0) is 17.9. The number of rotatable bonds is 5. The maximum Gasteiger partial charge on any atom is 0.410 e. The van der Waals surface area contributed by atoms with E-state index in [0.29, 0.717) is 12.2 Å². The standard InChI is InChI=1S/C17H26N4O3/c1-6-8-13(20(7-2)16(23)24-17(3,4)5)12-11-14-18-15(22)9-10-21(14)19-12/h9-11,13H,6-8H2,1-5H3,(H,18,22). The Hall–Kier alpha value is -2.31. The Morgan fingerprint density at radius 1 is 1.42 bits per heavy atom. The number of ether oxygens (including phenoxy) is 1. The molecule has 0 aliphatic heterocycles. The summed E-state index contributed by atoms with van der Waals surface area (Å²) in [5, 5.41) is 4.52. The lowest BCUT2D eigenvalue weighted by Crippen LogP contribution is -2.39. The fourth-order valence-electron chi connectivity index (χ4n) is 2.62. The highest BCUT2D eigenvalue weighted by Gasteiger charge is 2.29. The Bertz CT molecular complexity index is 757. The fourth-order valence-corrected chi connectivity index (χ4v) is 2.62. The molecule has 0 bridgehead atoms. The minimum Gasteiger partial charge on any atom is -0.444 e. The lowest BCUT2D eigenvalue weighted by atomic mass is 10.1. The molecule has 132 valence electrons. The average Bonchev–Trinajstić information content (AvgIpc) is 2.87. The summed E-state index contributed by atoms with van der Waals surface area (Å²) in [6, 6.07) is 3.04. The van der Waals surface area contributed by atoms with E-state index < -0.39 is 5.60 Å². The van der Waals surface area contributed by atoms with Crippen LogP contribution in [0.25, 0.3) is 5.65 Å². The van der Waals surface area contributed by atoms with Crippen LogP contribution in [0.4, 0.5) is 4.79 Å². The molecule has 1 N–H and O–H groups in total. The number of H-pyrrole nitrogens is 1. The molecule has 2 heterocycles. The van der Waals surface area contributed by atoms with Crippen LogP contribution in [0.5, 0.6) is 0 Å². The van der Waals surface area contributed by atoms with E-state index in [4.69, 9.17) is 4.74 Å². The number of nitrogens with zero attached hydrogens (tertiary/aromatic N) is 3. The molecule has 0 fully saturated rings. The third-order valence-electron chi connectivity index (χ3n) is 3.62. The maximum absolute atomic E-state index is 12.6. The first kappa shape index (κ1) is 18.0. The first-order chi connectivity index (χ1) is 11.2. The second-order valence-corrected chi connectivity index (χ2v) is 6.77. The Kier molecular flexibility index (Phi) is 5.31. The number of aromatic nitrogens is 3. The molecule has 1 unspecified atom stereocenters. The molecule has 0 aliphatic rings. The highest BCUT2D eigenvalue weighted by Crippen LogP contribution is 2.27. The number of fused-ring (bicyclic) bond motifs is 1. The lowest BCUT2D eigenvalue weighted by molar-refractivity contribution is 0.0156. The zero-order valence-corrected chi connectivity index (χ0v) is 15.0. The first-order valence-electron chi connectivity index (χ1n) is 8.33. The second kappa shape index (κ2) is 7.07. The van der Waals surface area contributed by atoms with Crippen molar-refractivity contribution < 1.29 is 9.53 Å². The molecule has 0 aromatic carbocycles. The molecule has 24 heavy (non-hydrogen) atoms. The quantitative estimate of drug-likeness (QED) is 0.911. The minimum absolute atomic E-state index is 0.180. The molecule has 7 heteroatoms. The van der Waals surface area contributed by atoms with Crippen LogP contribution in [0.2, 0.25) is 0 Å². The molecule has 2 aromatic heterocycles. The monoisotopic (exact) mass is 334 g/mol. The molecular formula is C17H26N4O3. The van der Waals surface area contributed by atoms with Crippen molar-refractivity contribution in [2.45, 2.75) is 59.1 Å². The number of carbonyl (C=O) groups is 1. The molecule has 2 aromatic rings. The van der Waals surface area contributed by atoms with Crippen LogP contribution in [0.3, 0.4) is 0 Å². The van der Waals surface area contributed by atoms with E-state index in [9.17, 15) is 9.59 Å². The van der Waals surface area contributed by atoms with Crippen LogP contribution in [0.15, 0.2) is 23.1 Å². The molecule has 2 rings (SSSR count). The van der Waals surface area contributed by atoms with Gasteiger partial charge in [-0.15, -0.1) is 0 Å². The van der Waals surface area contributed by atoms with Crippen molar-refractivity contribution in [2.75, 3.05) is 6.54 Å². The maximum atomic E-state index is 12.6. The molecule has 0 aliphatic carbocycles. The van der Waals surface area contributed by atoms with Gasteiger partial charge in [0.25, 0.3) is 5.56 Å². The van der Waals surface area contributed by atoms with Crippen LogP contribution >= 0.6 is 0 Å². The van der Waals surface area contributed by atoms with Crippen LogP contribution in [-0.2, 0) is 4.74 Å². The van der Waals surface area contributed by atoms with Gasteiger partial charge in [0.1, 0.15) is 11.2 Å². The Labute approximate surface area is 141 Å². The summed E-state index contributed by atoms with van der Waals surface area (Å²) in [6.45, 7) is 10.1. The second-order valence-electron chi connectivity index (χ2n) is 6.77. The van der Waals surface area contributed by atoms with Gasteiger partial charge >= 0.3 is 6.09 Å². The molecule has 0 radical (unpaired) electrons. The van der Waals surface area contributed by atoms with Crippen molar-refractivity contribution in [3.8, 4) is 0 Å². The van der Waals surface area contributed by atoms with Gasteiger partial charge < -0.3 is 9.72 Å². The largest absolute Gasteiger partial charge is 0.444 e. The third-order valence-corrected chi connectivity index (χ3v) is 3.62. The molecule has 1 atom stereocenters. The summed E-state index contributed by atoms with van der Waals surface area (Å²) in [5.74, 6) is 0. The van der Waals surface area contributed by atoms with E-state index in [2.05, 4.69) is 17.0 Å². The molecule has 0 spiro atoms. The summed E-state index contributed by atoms with van der Waals surface area (Å²) in [5.41, 5.74) is 0.622. The molecule has 0 saturated carbocycles. The van der Waals surface area contributed by atoms with Crippen molar-refractivity contribution in [1.29, 1.82) is 0 Å². The summed E-state index contributed by atoms with van der Waals surface area (Å²) >= 11 is 0. The minimum atomic E-state index is -0.550. The van der Waals surface area contributed by atoms with Crippen molar-refractivity contribution >= 4 is 11.7 Å². The van der Waals surface area contributed by atoms with E-state index in [-0.39, 0.29) is 17.7 Å². The molecule has 0 saturated heterocycles. The van der Waals surface area contributed by atoms with Gasteiger partial charge in [-0.3, -0.25) is 9.69 Å². The highest BCUT2D eigenvalue weighted by molar-refractivity contribution is 5.68. The predicted molar refractivity (Wildman–Crippen MR) is 92.1 cm³/mol. The van der Waals surface area contributed by atoms with E-state index in [1.54, 1.807) is 15.6 Å². The van der Waals surface area contributed by atoms with Crippen LogP contribution < -0.4 is 5.56 Å². The zero-order valence-electron chi connectivity index (χ0n) is 15.0. The van der Waals surface area contributed by atoms with Gasteiger partial charge in [-0.25, -0.2) is 9.31 Å². The summed E-state index contributed by atoms with van der Waals surface area (Å²) in [7, 11) is 0. The van der Waals surface area contributed by atoms with E-state index in [0.717, 1.165) is 18.5 Å². The van der Waals surface area contributed by atoms with Crippen LogP contribution in [0, 0.1) is 0 Å². The molecule has 1 amide bonds. The van der Waals surface area contributed by atoms with Crippen molar-refractivity contribution in [3.63, 3.8) is 0 Å². The molecule has 7 nitrogen and oxygen atoms in total. The Morgan fingerprint density at radius 2 is 2.12 bits per heavy atom. The van der Waals surface area contributed by atoms with Gasteiger partial charge in [0.2, 0.25) is 0 Å². The first-order valence-corrected chi connectivity index (χ1v) is 8.33. The lowest BCUT2D eigenvalue weighted by Gasteiger charge is -2.31. The smallest absolute Gasteiger partial charge is 0.410 e. The van der Waals surface area contributed by atoms with E-state index in [1.165, 1.54) is 6.07 Å². The fraction of sp³-hybridized carbons (Fsp3) is 0.588. The van der Waals surface area contributed by atoms with E-state index >= 15 is 0 Å². The Balaban J connectivity index is 2.37. The SMILES string of the molecule is CCCC(c1cc2[nH]c(=O)ccn2n1)N(CC)C(=O)OC(C)(C)C. The number of hydrogen-bond donors (Lipinski definition) is 1. The average molecular weight is 334 g/mol. The van der Waals surface area contributed by atoms with Gasteiger partial charge in [0, 0.05) is 24.9 Å². The van der Waals surface area contributed by atoms with Crippen LogP contribution in [-0.4, -0.2) is 37.7 Å². The van der Waals surface area contributed by atoms with Crippen LogP contribution in [0.1, 0.15) is 59.2 Å². The number of carbonyl (C=O) groups excluding carboxylic acids is 1. The molecular weight excluding hydrogens is 308 g/mol. The summed E-state index contributed by atoms with van der Waals surface area (Å²) < 4.78 is 7.14. The van der Waals surface area contributed by atoms with Gasteiger partial charge in [0.15, 0.2) is 0 Å². The summed E-state index contributed by atoms with van der Waals surface area (Å²) in [6.07, 6.45) is 2.92. The number of hydrogen-bond acceptors (Lipinski definition) is 4. The predicted octanol–water partition coefficient (Wildman–Crippen LogP) is 3.12. The van der Waals surface area contributed by atoms with Gasteiger partial charge in [-0.2, -0.15) is 5.10 Å². The number of aromatic amines is 1. The van der Waals surface area contributed by atoms with Gasteiger partial charge in [0.05, 0.1) is 11.7 Å². The number of amides is 1. The normalized spacial score (nSPS) is 13.0. The van der Waals surface area contributed by atoms with Gasteiger partial charge in [-0.1, -0.05) is 13.3 Å². The summed E-state index contributed by atoms with van der Waals surface area (Å²) in [4.78, 5) is 28.5. The Morgan fingerprint density at radius 3 is 2.71 bits per heavy atom.